The molecular weight excluding hydrogens is 294 g/mol. The largest absolute Gasteiger partial charge is 0.339 e. The van der Waals surface area contributed by atoms with Gasteiger partial charge in [0, 0.05) is 25.2 Å². The quantitative estimate of drug-likeness (QED) is 0.861. The van der Waals surface area contributed by atoms with Gasteiger partial charge < -0.3 is 9.42 Å². The second-order valence-electron chi connectivity index (χ2n) is 6.41. The predicted octanol–water partition coefficient (Wildman–Crippen LogP) is 1.98. The number of likely N-dealkylation sites (tertiary alicyclic amines) is 1. The maximum Gasteiger partial charge on any atom is 0.257 e. The number of aromatic nitrogens is 4. The lowest BCUT2D eigenvalue weighted by Crippen LogP contribution is -2.30. The van der Waals surface area contributed by atoms with Crippen LogP contribution < -0.4 is 0 Å². The molecule has 1 saturated heterocycles. The van der Waals surface area contributed by atoms with Crippen LogP contribution in [0.5, 0.6) is 0 Å². The van der Waals surface area contributed by atoms with Crippen molar-refractivity contribution < 1.29 is 9.32 Å². The summed E-state index contributed by atoms with van der Waals surface area (Å²) in [6.07, 6.45) is 4.75. The first kappa shape index (κ1) is 14.3. The average Bonchev–Trinajstić information content (AvgIpc) is 3.10. The molecule has 0 radical (unpaired) electrons. The van der Waals surface area contributed by atoms with Gasteiger partial charge in [0.05, 0.1) is 17.2 Å². The molecule has 23 heavy (non-hydrogen) atoms. The third-order valence-electron chi connectivity index (χ3n) is 4.50. The fraction of sp³-hybridized carbons (Fsp3) is 0.562. The number of aryl methyl sites for hydroxylation is 2. The molecule has 3 heterocycles. The molecule has 0 aromatic carbocycles. The number of nitrogens with zero attached hydrogens (tertiary/aromatic N) is 5. The lowest BCUT2D eigenvalue weighted by atomic mass is 10.1. The van der Waals surface area contributed by atoms with Crippen LogP contribution in [0.15, 0.2) is 10.7 Å². The maximum atomic E-state index is 12.9. The van der Waals surface area contributed by atoms with E-state index < -0.39 is 0 Å². The van der Waals surface area contributed by atoms with Crippen LogP contribution in [0, 0.1) is 13.8 Å². The van der Waals surface area contributed by atoms with E-state index in [-0.39, 0.29) is 11.8 Å². The van der Waals surface area contributed by atoms with Crippen molar-refractivity contribution >= 4 is 5.91 Å². The first-order valence-electron chi connectivity index (χ1n) is 8.05. The van der Waals surface area contributed by atoms with Crippen LogP contribution in [-0.4, -0.2) is 44.0 Å². The Bertz CT molecular complexity index is 753. The Hall–Kier alpha value is -2.31. The molecule has 1 aliphatic carbocycles. The van der Waals surface area contributed by atoms with Crippen LogP contribution in [-0.2, 0) is 0 Å². The molecule has 0 bridgehead atoms. The molecule has 2 fully saturated rings. The second kappa shape index (κ2) is 5.40. The van der Waals surface area contributed by atoms with Gasteiger partial charge in [0.2, 0.25) is 5.89 Å². The van der Waals surface area contributed by atoms with Crippen LogP contribution >= 0.6 is 0 Å². The van der Waals surface area contributed by atoms with Crippen molar-refractivity contribution in [2.45, 2.75) is 44.9 Å². The van der Waals surface area contributed by atoms with Gasteiger partial charge in [-0.15, -0.1) is 0 Å². The summed E-state index contributed by atoms with van der Waals surface area (Å²) in [5, 5.41) is 3.83. The Balaban J connectivity index is 1.54. The summed E-state index contributed by atoms with van der Waals surface area (Å²) in [5.74, 6) is 2.55. The van der Waals surface area contributed by atoms with E-state index in [4.69, 9.17) is 4.52 Å². The monoisotopic (exact) mass is 313 g/mol. The highest BCUT2D eigenvalue weighted by Crippen LogP contribution is 2.41. The Morgan fingerprint density at radius 3 is 2.70 bits per heavy atom. The zero-order valence-corrected chi connectivity index (χ0v) is 13.3. The van der Waals surface area contributed by atoms with Crippen LogP contribution in [0.3, 0.4) is 0 Å². The number of carbonyl (C=O) groups is 1. The summed E-state index contributed by atoms with van der Waals surface area (Å²) >= 11 is 0. The van der Waals surface area contributed by atoms with Gasteiger partial charge in [-0.3, -0.25) is 4.79 Å². The smallest absolute Gasteiger partial charge is 0.257 e. The predicted molar refractivity (Wildman–Crippen MR) is 81.0 cm³/mol. The summed E-state index contributed by atoms with van der Waals surface area (Å²) in [6, 6.07) is 0. The summed E-state index contributed by atoms with van der Waals surface area (Å²) in [4.78, 5) is 27.7. The SMILES string of the molecule is Cc1noc([C@H]2CCN(C(=O)c3cnc(C)nc3C3CC3)C2)n1. The van der Waals surface area contributed by atoms with Crippen molar-refractivity contribution in [3.8, 4) is 0 Å². The minimum Gasteiger partial charge on any atom is -0.339 e. The average molecular weight is 313 g/mol. The molecule has 0 spiro atoms. The standard InChI is InChI=1S/C16H19N5O2/c1-9-17-7-13(14(18-9)11-3-4-11)16(22)21-6-5-12(8-21)15-19-10(2)20-23-15/h7,11-12H,3-6,8H2,1-2H3/t12-/m0/s1. The molecule has 2 aromatic rings. The maximum absolute atomic E-state index is 12.9. The van der Waals surface area contributed by atoms with Gasteiger partial charge in [0.1, 0.15) is 5.82 Å². The second-order valence-corrected chi connectivity index (χ2v) is 6.41. The Morgan fingerprint density at radius 2 is 2.00 bits per heavy atom. The number of hydrogen-bond donors (Lipinski definition) is 0. The molecule has 120 valence electrons. The first-order valence-corrected chi connectivity index (χ1v) is 8.05. The van der Waals surface area contributed by atoms with Crippen molar-refractivity contribution in [2.24, 2.45) is 0 Å². The normalized spacial score (nSPS) is 21.0. The molecule has 0 N–H and O–H groups in total. The fourth-order valence-electron chi connectivity index (χ4n) is 3.12. The zero-order chi connectivity index (χ0) is 16.0. The van der Waals surface area contributed by atoms with E-state index in [1.54, 1.807) is 13.1 Å². The molecule has 7 nitrogen and oxygen atoms in total. The highest BCUT2D eigenvalue weighted by atomic mass is 16.5. The van der Waals surface area contributed by atoms with Crippen LogP contribution in [0.4, 0.5) is 0 Å². The van der Waals surface area contributed by atoms with E-state index >= 15 is 0 Å². The van der Waals surface area contributed by atoms with Crippen molar-refractivity contribution in [2.75, 3.05) is 13.1 Å². The molecule has 1 aliphatic heterocycles. The third kappa shape index (κ3) is 2.71. The minimum absolute atomic E-state index is 0.0191. The number of hydrogen-bond acceptors (Lipinski definition) is 6. The third-order valence-corrected chi connectivity index (χ3v) is 4.50. The van der Waals surface area contributed by atoms with E-state index in [0.717, 1.165) is 30.8 Å². The van der Waals surface area contributed by atoms with Gasteiger partial charge in [-0.2, -0.15) is 4.98 Å². The molecule has 1 amide bonds. The molecule has 4 rings (SSSR count). The van der Waals surface area contributed by atoms with Gasteiger partial charge in [-0.1, -0.05) is 5.16 Å². The molecule has 2 aliphatic rings. The number of carbonyl (C=O) groups excluding carboxylic acids is 1. The van der Waals surface area contributed by atoms with Gasteiger partial charge >= 0.3 is 0 Å². The lowest BCUT2D eigenvalue weighted by molar-refractivity contribution is 0.0787. The van der Waals surface area contributed by atoms with Gasteiger partial charge in [-0.25, -0.2) is 9.97 Å². The van der Waals surface area contributed by atoms with Crippen molar-refractivity contribution in [1.82, 2.24) is 25.0 Å². The highest BCUT2D eigenvalue weighted by molar-refractivity contribution is 5.95. The van der Waals surface area contributed by atoms with Crippen LogP contribution in [0.2, 0.25) is 0 Å². The number of rotatable bonds is 3. The van der Waals surface area contributed by atoms with Gasteiger partial charge in [-0.05, 0) is 33.1 Å². The van der Waals surface area contributed by atoms with E-state index in [9.17, 15) is 4.79 Å². The molecule has 7 heteroatoms. The van der Waals surface area contributed by atoms with Gasteiger partial charge in [0.15, 0.2) is 5.82 Å². The van der Waals surface area contributed by atoms with E-state index in [2.05, 4.69) is 20.1 Å². The van der Waals surface area contributed by atoms with Gasteiger partial charge in [0.25, 0.3) is 5.91 Å². The first-order chi connectivity index (χ1) is 11.1. The number of amides is 1. The van der Waals surface area contributed by atoms with Crippen LogP contribution in [0.25, 0.3) is 0 Å². The Morgan fingerprint density at radius 1 is 1.17 bits per heavy atom. The zero-order valence-electron chi connectivity index (χ0n) is 13.3. The summed E-state index contributed by atoms with van der Waals surface area (Å²) in [6.45, 7) is 4.97. The van der Waals surface area contributed by atoms with E-state index in [1.807, 2.05) is 11.8 Å². The molecule has 1 saturated carbocycles. The van der Waals surface area contributed by atoms with Crippen molar-refractivity contribution in [3.63, 3.8) is 0 Å². The highest BCUT2D eigenvalue weighted by Gasteiger charge is 2.35. The van der Waals surface area contributed by atoms with E-state index in [0.29, 0.717) is 36.3 Å². The van der Waals surface area contributed by atoms with Crippen molar-refractivity contribution in [3.05, 3.63) is 35.0 Å². The summed E-state index contributed by atoms with van der Waals surface area (Å²) < 4.78 is 5.25. The van der Waals surface area contributed by atoms with Crippen LogP contribution in [0.1, 0.15) is 64.7 Å². The Labute approximate surface area is 134 Å². The van der Waals surface area contributed by atoms with E-state index in [1.165, 1.54) is 0 Å². The topological polar surface area (TPSA) is 85.0 Å². The minimum atomic E-state index is 0.0191. The summed E-state index contributed by atoms with van der Waals surface area (Å²) in [7, 11) is 0. The molecular formula is C16H19N5O2. The summed E-state index contributed by atoms with van der Waals surface area (Å²) in [5.41, 5.74) is 1.57. The lowest BCUT2D eigenvalue weighted by Gasteiger charge is -2.17. The van der Waals surface area contributed by atoms with Crippen molar-refractivity contribution in [1.29, 1.82) is 0 Å². The molecule has 2 aromatic heterocycles. The fourth-order valence-corrected chi connectivity index (χ4v) is 3.12. The Kier molecular flexibility index (Phi) is 3.36. The molecule has 0 unspecified atom stereocenters. The molecule has 1 atom stereocenters.